The van der Waals surface area contributed by atoms with Gasteiger partial charge in [-0.1, -0.05) is 18.2 Å². The number of carbonyl (C=O) groups is 2. The lowest BCUT2D eigenvalue weighted by Gasteiger charge is -2.30. The first-order valence-electron chi connectivity index (χ1n) is 10.6. The second kappa shape index (κ2) is 11.5. The van der Waals surface area contributed by atoms with E-state index in [1.807, 2.05) is 0 Å². The van der Waals surface area contributed by atoms with Crippen molar-refractivity contribution in [3.63, 3.8) is 0 Å². The van der Waals surface area contributed by atoms with E-state index in [1.165, 1.54) is 18.2 Å². The van der Waals surface area contributed by atoms with Crippen LogP contribution in [0.1, 0.15) is 52.1 Å². The van der Waals surface area contributed by atoms with E-state index in [0.717, 1.165) is 6.92 Å². The summed E-state index contributed by atoms with van der Waals surface area (Å²) in [6.45, 7) is 4.29. The molecule has 0 aliphatic rings. The molecule has 0 radical (unpaired) electrons. The average Bonchev–Trinajstić information content (AvgIpc) is 2.76. The summed E-state index contributed by atoms with van der Waals surface area (Å²) in [6, 6.07) is 5.59. The van der Waals surface area contributed by atoms with Gasteiger partial charge in [0, 0.05) is 20.4 Å². The van der Waals surface area contributed by atoms with Crippen molar-refractivity contribution in [1.82, 2.24) is 5.32 Å². The molecule has 1 unspecified atom stereocenters. The first-order valence-corrected chi connectivity index (χ1v) is 13.0. The Kier molecular flexibility index (Phi) is 9.63. The van der Waals surface area contributed by atoms with Gasteiger partial charge in [-0.2, -0.15) is 26.3 Å². The fraction of sp³-hybridized carbons (Fsp3) is 0.391. The number of nitrogens with one attached hydrogen (secondary N) is 2. The quantitative estimate of drug-likeness (QED) is 0.174. The highest BCUT2D eigenvalue weighted by Gasteiger charge is 2.73. The molecule has 2 aromatic rings. The van der Waals surface area contributed by atoms with E-state index in [4.69, 9.17) is 4.55 Å². The molecule has 38 heavy (non-hydrogen) atoms. The Hall–Kier alpha value is -2.27. The summed E-state index contributed by atoms with van der Waals surface area (Å²) in [6.07, 6.45) is -12.4. The molecule has 6 nitrogen and oxygen atoms in total. The first kappa shape index (κ1) is 31.9. The molecule has 0 aliphatic carbocycles. The molecule has 210 valence electrons. The Balaban J connectivity index is 2.40. The van der Waals surface area contributed by atoms with Crippen LogP contribution in [0.25, 0.3) is 0 Å². The van der Waals surface area contributed by atoms with E-state index in [9.17, 15) is 44.5 Å². The van der Waals surface area contributed by atoms with Gasteiger partial charge in [0.1, 0.15) is 0 Å². The summed E-state index contributed by atoms with van der Waals surface area (Å²) in [7, 11) is 0. The molecular weight excluding hydrogens is 660 g/mol. The molecular formula is C23H22F7IN2O4S. The van der Waals surface area contributed by atoms with Crippen LogP contribution in [-0.2, 0) is 16.7 Å². The number of rotatable bonds is 8. The van der Waals surface area contributed by atoms with Crippen molar-refractivity contribution in [2.24, 2.45) is 0 Å². The maximum Gasteiger partial charge on any atom is 0.435 e. The monoisotopic (exact) mass is 682 g/mol. The average molecular weight is 682 g/mol. The maximum absolute atomic E-state index is 14.4. The largest absolute Gasteiger partial charge is 0.435 e. The fourth-order valence-corrected chi connectivity index (χ4v) is 4.84. The van der Waals surface area contributed by atoms with Crippen molar-refractivity contribution in [2.45, 2.75) is 50.8 Å². The second-order valence-corrected chi connectivity index (χ2v) is 11.1. The number of benzene rings is 2. The first-order chi connectivity index (χ1) is 17.2. The van der Waals surface area contributed by atoms with Gasteiger partial charge in [-0.3, -0.25) is 9.59 Å². The standard InChI is InChI=1S/C23H22F7IN2O4S/c1-12-11-13(21(24,22(25,26)27)23(28,29)30)7-8-16(12)32-18(34)14-5-4-6-15(31)17(14)19(35)33-20(2,3)9-10-38(36)37/h4-8,11H,9-10H2,1-3H3,(H,32,34)(H,33,35)(H,36,37). The SMILES string of the molecule is Cc1cc(C(F)(C(F)(F)F)C(F)(F)F)ccc1NC(=O)c1cccc(I)c1C(=O)NC(C)(C)CCS(=O)O. The number of aryl methyl sites for hydroxylation is 1. The highest BCUT2D eigenvalue weighted by atomic mass is 127. The van der Waals surface area contributed by atoms with E-state index < -0.39 is 52.0 Å². The third-order valence-electron chi connectivity index (χ3n) is 5.49. The van der Waals surface area contributed by atoms with Crippen LogP contribution < -0.4 is 10.6 Å². The van der Waals surface area contributed by atoms with Crippen LogP contribution in [0, 0.1) is 10.5 Å². The Morgan fingerprint density at radius 1 is 0.974 bits per heavy atom. The van der Waals surface area contributed by atoms with E-state index in [2.05, 4.69) is 10.6 Å². The summed E-state index contributed by atoms with van der Waals surface area (Å²) in [5, 5.41) is 5.00. The highest BCUT2D eigenvalue weighted by molar-refractivity contribution is 14.1. The van der Waals surface area contributed by atoms with Gasteiger partial charge in [0.15, 0.2) is 11.1 Å². The van der Waals surface area contributed by atoms with Crippen LogP contribution in [0.4, 0.5) is 36.4 Å². The molecule has 2 rings (SSSR count). The lowest BCUT2D eigenvalue weighted by molar-refractivity contribution is -0.348. The molecule has 0 heterocycles. The van der Waals surface area contributed by atoms with Crippen molar-refractivity contribution >= 4 is 51.2 Å². The molecule has 0 bridgehead atoms. The molecule has 0 saturated heterocycles. The zero-order valence-electron chi connectivity index (χ0n) is 20.0. The van der Waals surface area contributed by atoms with Crippen LogP contribution in [0.2, 0.25) is 0 Å². The van der Waals surface area contributed by atoms with E-state index in [1.54, 1.807) is 36.4 Å². The molecule has 15 heteroatoms. The fourth-order valence-electron chi connectivity index (χ4n) is 3.41. The van der Waals surface area contributed by atoms with Crippen LogP contribution in [0.5, 0.6) is 0 Å². The highest BCUT2D eigenvalue weighted by Crippen LogP contribution is 2.53. The normalized spacial score (nSPS) is 13.7. The number of hydrogen-bond donors (Lipinski definition) is 3. The van der Waals surface area contributed by atoms with E-state index in [-0.39, 0.29) is 40.6 Å². The van der Waals surface area contributed by atoms with Crippen LogP contribution in [-0.4, -0.2) is 44.2 Å². The minimum Gasteiger partial charge on any atom is -0.347 e. The van der Waals surface area contributed by atoms with E-state index in [0.29, 0.717) is 15.7 Å². The van der Waals surface area contributed by atoms with E-state index >= 15 is 0 Å². The lowest BCUT2D eigenvalue weighted by atomic mass is 9.92. The summed E-state index contributed by atoms with van der Waals surface area (Å²) in [5.41, 5.74) is -9.00. The molecule has 3 N–H and O–H groups in total. The maximum atomic E-state index is 14.4. The Labute approximate surface area is 229 Å². The number of carbonyl (C=O) groups excluding carboxylic acids is 2. The predicted octanol–water partition coefficient (Wildman–Crippen LogP) is 6.26. The van der Waals surface area contributed by atoms with Crippen molar-refractivity contribution in [2.75, 3.05) is 11.1 Å². The van der Waals surface area contributed by atoms with Gasteiger partial charge in [0.25, 0.3) is 11.8 Å². The Bertz CT molecular complexity index is 1240. The van der Waals surface area contributed by atoms with Crippen LogP contribution >= 0.6 is 22.6 Å². The number of alkyl halides is 7. The summed E-state index contributed by atoms with van der Waals surface area (Å²) >= 11 is -0.296. The van der Waals surface area contributed by atoms with Gasteiger partial charge in [0.2, 0.25) is 0 Å². The molecule has 0 aliphatic heterocycles. The van der Waals surface area contributed by atoms with Gasteiger partial charge in [-0.15, -0.1) is 0 Å². The Morgan fingerprint density at radius 3 is 2.05 bits per heavy atom. The number of halogens is 8. The van der Waals surface area contributed by atoms with Crippen molar-refractivity contribution < 1.29 is 49.1 Å². The van der Waals surface area contributed by atoms with Crippen molar-refractivity contribution in [3.05, 3.63) is 62.2 Å². The molecule has 0 aromatic heterocycles. The van der Waals surface area contributed by atoms with Gasteiger partial charge >= 0.3 is 18.0 Å². The zero-order chi connectivity index (χ0) is 29.3. The summed E-state index contributed by atoms with van der Waals surface area (Å²) < 4.78 is 113. The topological polar surface area (TPSA) is 95.5 Å². The van der Waals surface area contributed by atoms with Gasteiger partial charge in [-0.05, 0) is 73.5 Å². The smallest absolute Gasteiger partial charge is 0.347 e. The molecule has 0 fully saturated rings. The molecule has 0 saturated carbocycles. The Morgan fingerprint density at radius 2 is 1.55 bits per heavy atom. The summed E-state index contributed by atoms with van der Waals surface area (Å²) in [5.74, 6) is -1.72. The third kappa shape index (κ3) is 7.02. The zero-order valence-corrected chi connectivity index (χ0v) is 23.0. The lowest BCUT2D eigenvalue weighted by Crippen LogP contribution is -2.50. The predicted molar refractivity (Wildman–Crippen MR) is 135 cm³/mol. The van der Waals surface area contributed by atoms with Gasteiger partial charge in [-0.25, -0.2) is 8.60 Å². The molecule has 2 amide bonds. The van der Waals surface area contributed by atoms with Crippen LogP contribution in [0.15, 0.2) is 36.4 Å². The molecule has 0 spiro atoms. The molecule has 1 atom stereocenters. The van der Waals surface area contributed by atoms with Gasteiger partial charge < -0.3 is 15.2 Å². The molecule has 2 aromatic carbocycles. The minimum absolute atomic E-state index is 0.0741. The minimum atomic E-state index is -6.29. The number of hydrogen-bond acceptors (Lipinski definition) is 3. The summed E-state index contributed by atoms with van der Waals surface area (Å²) in [4.78, 5) is 26.0. The van der Waals surface area contributed by atoms with Gasteiger partial charge in [0.05, 0.1) is 16.9 Å². The second-order valence-electron chi connectivity index (χ2n) is 8.91. The number of amides is 2. The third-order valence-corrected chi connectivity index (χ3v) is 6.94. The van der Waals surface area contributed by atoms with Crippen molar-refractivity contribution in [1.29, 1.82) is 0 Å². The number of anilines is 1. The van der Waals surface area contributed by atoms with Crippen LogP contribution in [0.3, 0.4) is 0 Å². The van der Waals surface area contributed by atoms with Crippen molar-refractivity contribution in [3.8, 4) is 0 Å².